The topological polar surface area (TPSA) is 96.3 Å². The third-order valence-corrected chi connectivity index (χ3v) is 6.21. The summed E-state index contributed by atoms with van der Waals surface area (Å²) in [5.41, 5.74) is 7.66. The van der Waals surface area contributed by atoms with Crippen molar-refractivity contribution in [2.24, 2.45) is 17.1 Å². The molecule has 1 aliphatic heterocycles. The minimum Gasteiger partial charge on any atom is -0.337 e. The molecular weight excluding hydrogens is 402 g/mol. The highest BCUT2D eigenvalue weighted by molar-refractivity contribution is 6.02. The van der Waals surface area contributed by atoms with E-state index in [1.807, 2.05) is 44.2 Å². The van der Waals surface area contributed by atoms with Crippen molar-refractivity contribution in [3.63, 3.8) is 0 Å². The Morgan fingerprint density at radius 1 is 1.17 bits per heavy atom. The van der Waals surface area contributed by atoms with Gasteiger partial charge in [0, 0.05) is 36.7 Å². The van der Waals surface area contributed by atoms with Crippen LogP contribution in [0.1, 0.15) is 58.2 Å². The molecule has 0 saturated carbocycles. The number of hydrogen-bond acceptors (Lipinski definition) is 4. The van der Waals surface area contributed by atoms with E-state index < -0.39 is 5.56 Å². The zero-order valence-corrected chi connectivity index (χ0v) is 18.1. The number of carbonyl (C=O) groups is 2. The molecule has 3 N–H and O–H groups in total. The van der Waals surface area contributed by atoms with Gasteiger partial charge in [-0.1, -0.05) is 44.2 Å². The fourth-order valence-electron chi connectivity index (χ4n) is 4.71. The number of nitrogens with one attached hydrogen (secondary N) is 1. The number of halogens is 1. The number of aromatic nitrogens is 1. The SMILES string of the molecule is CC1(C)CC(=O)c2cc(C(=O)N3C[C@@H](CN)[C@H](c4ccccc4)C3)c(=O)[nH]c2C1.Cl. The summed E-state index contributed by atoms with van der Waals surface area (Å²) in [4.78, 5) is 42.9. The molecule has 7 heteroatoms. The molecule has 4 rings (SSSR count). The first-order valence-electron chi connectivity index (χ1n) is 10.1. The van der Waals surface area contributed by atoms with Crippen molar-refractivity contribution in [1.82, 2.24) is 9.88 Å². The smallest absolute Gasteiger partial charge is 0.261 e. The van der Waals surface area contributed by atoms with Crippen molar-refractivity contribution < 1.29 is 9.59 Å². The van der Waals surface area contributed by atoms with Crippen LogP contribution in [0.15, 0.2) is 41.2 Å². The highest BCUT2D eigenvalue weighted by atomic mass is 35.5. The Morgan fingerprint density at radius 3 is 2.53 bits per heavy atom. The van der Waals surface area contributed by atoms with Crippen molar-refractivity contribution in [1.29, 1.82) is 0 Å². The molecule has 160 valence electrons. The maximum Gasteiger partial charge on any atom is 0.261 e. The number of amides is 1. The molecule has 0 unspecified atom stereocenters. The van der Waals surface area contributed by atoms with E-state index in [9.17, 15) is 14.4 Å². The third-order valence-electron chi connectivity index (χ3n) is 6.21. The lowest BCUT2D eigenvalue weighted by Gasteiger charge is -2.30. The number of aromatic amines is 1. The van der Waals surface area contributed by atoms with Crippen molar-refractivity contribution in [3.05, 3.63) is 69.1 Å². The Labute approximate surface area is 182 Å². The zero-order valence-electron chi connectivity index (χ0n) is 17.3. The van der Waals surface area contributed by atoms with Crippen molar-refractivity contribution in [2.45, 2.75) is 32.6 Å². The van der Waals surface area contributed by atoms with Crippen molar-refractivity contribution in [2.75, 3.05) is 19.6 Å². The number of ketones is 1. The number of rotatable bonds is 3. The molecule has 2 atom stereocenters. The quantitative estimate of drug-likeness (QED) is 0.784. The molecular formula is C23H28ClN3O3. The predicted octanol–water partition coefficient (Wildman–Crippen LogP) is 2.77. The van der Waals surface area contributed by atoms with E-state index in [4.69, 9.17) is 5.73 Å². The zero-order chi connectivity index (χ0) is 20.8. The van der Waals surface area contributed by atoms with Crippen molar-refractivity contribution in [3.8, 4) is 0 Å². The van der Waals surface area contributed by atoms with Crippen LogP contribution in [0.25, 0.3) is 0 Å². The Bertz CT molecular complexity index is 1020. The molecule has 1 saturated heterocycles. The number of pyridine rings is 1. The van der Waals surface area contributed by atoms with E-state index >= 15 is 0 Å². The van der Waals surface area contributed by atoms with Crippen LogP contribution in [0.2, 0.25) is 0 Å². The molecule has 0 spiro atoms. The Hall–Kier alpha value is -2.44. The number of benzene rings is 1. The summed E-state index contributed by atoms with van der Waals surface area (Å²) in [7, 11) is 0. The lowest BCUT2D eigenvalue weighted by Crippen LogP contribution is -2.36. The summed E-state index contributed by atoms with van der Waals surface area (Å²) in [5, 5.41) is 0. The molecule has 0 bridgehead atoms. The summed E-state index contributed by atoms with van der Waals surface area (Å²) in [6.45, 7) is 5.50. The number of hydrogen-bond donors (Lipinski definition) is 2. The van der Waals surface area contributed by atoms with Crippen LogP contribution in [0, 0.1) is 11.3 Å². The number of likely N-dealkylation sites (tertiary alicyclic amines) is 1. The van der Waals surface area contributed by atoms with Crippen LogP contribution >= 0.6 is 12.4 Å². The van der Waals surface area contributed by atoms with Gasteiger partial charge < -0.3 is 15.6 Å². The van der Waals surface area contributed by atoms with Gasteiger partial charge in [0.2, 0.25) is 0 Å². The van der Waals surface area contributed by atoms with Crippen LogP contribution in [0.3, 0.4) is 0 Å². The lowest BCUT2D eigenvalue weighted by atomic mass is 9.75. The first-order chi connectivity index (χ1) is 13.8. The van der Waals surface area contributed by atoms with Gasteiger partial charge >= 0.3 is 0 Å². The summed E-state index contributed by atoms with van der Waals surface area (Å²) >= 11 is 0. The number of Topliss-reactive ketones (excluding diaryl/α,β-unsaturated/α-hetero) is 1. The molecule has 2 heterocycles. The normalized spacial score (nSPS) is 22.4. The Balaban J connectivity index is 0.00000256. The average Bonchev–Trinajstić information content (AvgIpc) is 3.11. The molecule has 1 aromatic heterocycles. The second-order valence-electron chi connectivity index (χ2n) is 9.07. The van der Waals surface area contributed by atoms with Gasteiger partial charge in [-0.3, -0.25) is 14.4 Å². The number of nitrogens with two attached hydrogens (primary N) is 1. The number of H-pyrrole nitrogens is 1. The first kappa shape index (κ1) is 22.2. The molecule has 0 radical (unpaired) electrons. The largest absolute Gasteiger partial charge is 0.337 e. The number of nitrogens with zero attached hydrogens (tertiary/aromatic N) is 1. The molecule has 1 aromatic carbocycles. The van der Waals surface area contributed by atoms with E-state index in [1.54, 1.807) is 4.90 Å². The van der Waals surface area contributed by atoms with Crippen LogP contribution in [0.5, 0.6) is 0 Å². The maximum atomic E-state index is 13.2. The minimum absolute atomic E-state index is 0. The predicted molar refractivity (Wildman–Crippen MR) is 118 cm³/mol. The van der Waals surface area contributed by atoms with E-state index in [-0.39, 0.29) is 46.9 Å². The van der Waals surface area contributed by atoms with Crippen molar-refractivity contribution >= 4 is 24.1 Å². The summed E-state index contributed by atoms with van der Waals surface area (Å²) in [5.74, 6) is -0.0710. The highest BCUT2D eigenvalue weighted by Crippen LogP contribution is 2.35. The maximum absolute atomic E-state index is 13.2. The van der Waals surface area contributed by atoms with Gasteiger partial charge in [0.1, 0.15) is 5.56 Å². The highest BCUT2D eigenvalue weighted by Gasteiger charge is 2.37. The molecule has 1 fully saturated rings. The first-order valence-corrected chi connectivity index (χ1v) is 10.1. The second-order valence-corrected chi connectivity index (χ2v) is 9.07. The fraction of sp³-hybridized carbons (Fsp3) is 0.435. The van der Waals surface area contributed by atoms with Gasteiger partial charge in [-0.2, -0.15) is 0 Å². The van der Waals surface area contributed by atoms with Gasteiger partial charge in [0.25, 0.3) is 11.5 Å². The molecule has 6 nitrogen and oxygen atoms in total. The average molecular weight is 430 g/mol. The molecule has 2 aliphatic rings. The van der Waals surface area contributed by atoms with E-state index in [0.29, 0.717) is 43.7 Å². The Kier molecular flexibility index (Phi) is 6.20. The van der Waals surface area contributed by atoms with Crippen LogP contribution in [-0.2, 0) is 6.42 Å². The lowest BCUT2D eigenvalue weighted by molar-refractivity contribution is 0.0784. The summed E-state index contributed by atoms with van der Waals surface area (Å²) in [6, 6.07) is 11.5. The van der Waals surface area contributed by atoms with Gasteiger partial charge in [0.05, 0.1) is 0 Å². The monoisotopic (exact) mass is 429 g/mol. The number of carbonyl (C=O) groups excluding carboxylic acids is 2. The van der Waals surface area contributed by atoms with Gasteiger partial charge in [-0.25, -0.2) is 0 Å². The minimum atomic E-state index is -0.424. The van der Waals surface area contributed by atoms with Gasteiger partial charge in [0.15, 0.2) is 5.78 Å². The summed E-state index contributed by atoms with van der Waals surface area (Å²) < 4.78 is 0. The molecule has 2 aromatic rings. The van der Waals surface area contributed by atoms with Gasteiger partial charge in [-0.05, 0) is 35.9 Å². The van der Waals surface area contributed by atoms with E-state index in [0.717, 1.165) is 5.56 Å². The standard InChI is InChI=1S/C23H27N3O3.ClH/c1-23(2)9-19-16(20(27)10-23)8-17(21(28)25-19)22(29)26-12-15(11-24)18(13-26)14-6-4-3-5-7-14;/h3-8,15,18H,9-13,24H2,1-2H3,(H,25,28);1H/t15-,18+;/m1./s1. The second kappa shape index (κ2) is 8.36. The molecule has 1 amide bonds. The Morgan fingerprint density at radius 2 is 1.87 bits per heavy atom. The third kappa shape index (κ3) is 4.07. The van der Waals surface area contributed by atoms with Crippen LogP contribution < -0.4 is 11.3 Å². The van der Waals surface area contributed by atoms with E-state index in [2.05, 4.69) is 4.98 Å². The van der Waals surface area contributed by atoms with Crippen LogP contribution in [-0.4, -0.2) is 41.2 Å². The van der Waals surface area contributed by atoms with Crippen LogP contribution in [0.4, 0.5) is 0 Å². The summed E-state index contributed by atoms with van der Waals surface area (Å²) in [6.07, 6.45) is 1.03. The molecule has 30 heavy (non-hydrogen) atoms. The van der Waals surface area contributed by atoms with E-state index in [1.165, 1.54) is 6.07 Å². The molecule has 1 aliphatic carbocycles. The number of fused-ring (bicyclic) bond motifs is 1. The fourth-order valence-corrected chi connectivity index (χ4v) is 4.71. The van der Waals surface area contributed by atoms with Gasteiger partial charge in [-0.15, -0.1) is 12.4 Å².